The normalized spacial score (nSPS) is 32.3. The molecule has 0 aliphatic heterocycles. The molecule has 10 aliphatic carbocycles. The van der Waals surface area contributed by atoms with E-state index in [-0.39, 0.29) is 24.8 Å². The Bertz CT molecular complexity index is 2370. The first kappa shape index (κ1) is 47.7. The fraction of sp³-hybridized carbons (Fsp3) is 0.548. The van der Waals surface area contributed by atoms with Crippen LogP contribution < -0.4 is 0 Å². The zero-order valence-corrected chi connectivity index (χ0v) is 46.7. The summed E-state index contributed by atoms with van der Waals surface area (Å²) in [6, 6.07) is 34.7. The van der Waals surface area contributed by atoms with Gasteiger partial charge in [-0.25, -0.2) is 0 Å². The Hall–Kier alpha value is -1.96. The van der Waals surface area contributed by atoms with Gasteiger partial charge in [0.2, 0.25) is 0 Å². The average molecular weight is 1020 g/mol. The minimum Gasteiger partial charge on any atom is -0.147 e. The predicted molar refractivity (Wildman–Crippen MR) is 288 cm³/mol. The third-order valence-corrected chi connectivity index (χ3v) is 44.1. The molecular weight excluding hydrogens is 935 g/mol. The van der Waals surface area contributed by atoms with Crippen LogP contribution in [0.4, 0.5) is 0 Å². The molecule has 0 radical (unpaired) electrons. The van der Waals surface area contributed by atoms with E-state index in [1.807, 2.05) is 11.1 Å². The largest absolute Gasteiger partial charge is 0.147 e. The second-order valence-electron chi connectivity index (χ2n) is 25.3. The smallest absolute Gasteiger partial charge is 0.147 e. The molecule has 2 unspecified atom stereocenters. The van der Waals surface area contributed by atoms with Gasteiger partial charge >= 0.3 is 393 Å². The van der Waals surface area contributed by atoms with E-state index in [0.29, 0.717) is 19.1 Å². The van der Waals surface area contributed by atoms with Gasteiger partial charge in [-0.05, 0) is 0 Å². The Labute approximate surface area is 414 Å². The van der Waals surface area contributed by atoms with Gasteiger partial charge in [-0.2, -0.15) is 0 Å². The Kier molecular flexibility index (Phi) is 13.0. The maximum absolute atomic E-state index is 4.07. The van der Waals surface area contributed by atoms with E-state index in [1.54, 1.807) is 35.1 Å². The first-order chi connectivity index (χ1) is 30.9. The molecule has 0 amide bonds. The summed E-state index contributed by atoms with van der Waals surface area (Å²) in [6.45, 7) is 14.6. The van der Waals surface area contributed by atoms with Gasteiger partial charge in [0, 0.05) is 0 Å². The zero-order valence-electron chi connectivity index (χ0n) is 41.2. The first-order valence-corrected chi connectivity index (χ1v) is 39.8. The standard InChI is InChI=1S/2C29H33.C3H7.CH3.2ClH.H2Si.Zr/c2*1-18(2)22-6-8-23(9-7-22)27-5-3-4-24-11-21(17-29(24)27)16-28-25-12-19-10-20(14-25)15-26(28)13-19;1-3-2;;;;;/h2*3-9,11,17-20,25-26,28H,10,12-16H2,1-2H3;1,3H2,2H3;1H3;2*1H;1H2;. The third-order valence-electron chi connectivity index (χ3n) is 20.6. The fourth-order valence-electron chi connectivity index (χ4n) is 18.4. The molecule has 4 heteroatoms. The van der Waals surface area contributed by atoms with Crippen LogP contribution in [0.15, 0.2) is 96.1 Å². The average Bonchev–Trinajstić information content (AvgIpc) is 3.85. The van der Waals surface area contributed by atoms with Crippen molar-refractivity contribution in [1.29, 1.82) is 0 Å². The Balaban J connectivity index is 0.00000256. The molecule has 0 spiro atoms. The van der Waals surface area contributed by atoms with Gasteiger partial charge in [0.1, 0.15) is 0 Å². The van der Waals surface area contributed by atoms with Crippen molar-refractivity contribution in [2.45, 2.75) is 146 Å². The zero-order chi connectivity index (χ0) is 43.7. The van der Waals surface area contributed by atoms with Gasteiger partial charge in [0.05, 0.1) is 0 Å². The van der Waals surface area contributed by atoms with Gasteiger partial charge in [-0.3, -0.25) is 0 Å². The summed E-state index contributed by atoms with van der Waals surface area (Å²) < 4.78 is 5.68. The SMILES string of the molecule is CC[CH2][Zr]([CH3])(=[SiH2])([CH]1C(CC2C3CC4CC(C3)CC2C4)=Cc2c(-c3ccc(C(C)C)cc3)cccc21)[CH]1C(CC2C3CC4CC(C3)CC2C4)=Cc2c(-c3ccc(C(C)C)cc3)cccc21.Cl.Cl. The summed E-state index contributed by atoms with van der Waals surface area (Å²) in [6.07, 6.45) is 25.0. The Morgan fingerprint density at radius 2 is 0.848 bits per heavy atom. The van der Waals surface area contributed by atoms with E-state index >= 15 is 0 Å². The molecule has 0 heterocycles. The van der Waals surface area contributed by atoms with Crippen LogP contribution in [0.3, 0.4) is 0 Å². The van der Waals surface area contributed by atoms with E-state index in [2.05, 4.69) is 143 Å². The first-order valence-electron chi connectivity index (χ1n) is 26.8. The second-order valence-corrected chi connectivity index (χ2v) is 53.8. The molecule has 0 saturated heterocycles. The summed E-state index contributed by atoms with van der Waals surface area (Å²) >= 11 is -4.07. The Morgan fingerprint density at radius 3 is 1.17 bits per heavy atom. The van der Waals surface area contributed by atoms with Crippen LogP contribution in [-0.4, -0.2) is 6.88 Å². The van der Waals surface area contributed by atoms with Gasteiger partial charge in [0.15, 0.2) is 0 Å². The fourth-order valence-corrected chi connectivity index (χ4v) is 44.2. The molecule has 2 atom stereocenters. The van der Waals surface area contributed by atoms with E-state index in [1.165, 1.54) is 108 Å². The van der Waals surface area contributed by atoms with Crippen LogP contribution >= 0.6 is 24.8 Å². The molecule has 8 saturated carbocycles. The van der Waals surface area contributed by atoms with Crippen LogP contribution in [0.25, 0.3) is 34.4 Å². The summed E-state index contributed by atoms with van der Waals surface area (Å²) in [5, 5.41) is 0. The molecule has 10 aliphatic rings. The van der Waals surface area contributed by atoms with Crippen molar-refractivity contribution in [2.75, 3.05) is 0 Å². The van der Waals surface area contributed by atoms with Gasteiger partial charge < -0.3 is 0 Å². The minimum atomic E-state index is -4.07. The number of fused-ring (bicyclic) bond motifs is 2. The summed E-state index contributed by atoms with van der Waals surface area (Å²) in [7, 11) is 0. The number of halogens is 2. The van der Waals surface area contributed by atoms with Crippen molar-refractivity contribution in [1.82, 2.24) is 0 Å². The van der Waals surface area contributed by atoms with Crippen LogP contribution in [0.1, 0.15) is 171 Å². The van der Waals surface area contributed by atoms with Crippen LogP contribution in [0, 0.1) is 59.2 Å². The van der Waals surface area contributed by atoms with E-state index in [0.717, 1.165) is 59.2 Å². The molecular formula is C62H80Cl2SiZr. The number of benzene rings is 4. The Morgan fingerprint density at radius 1 is 0.500 bits per heavy atom. The van der Waals surface area contributed by atoms with Gasteiger partial charge in [0.25, 0.3) is 0 Å². The van der Waals surface area contributed by atoms with Crippen molar-refractivity contribution in [3.8, 4) is 22.3 Å². The number of hydrogen-bond donors (Lipinski definition) is 0. The van der Waals surface area contributed by atoms with Crippen molar-refractivity contribution >= 4 is 43.8 Å². The second kappa shape index (κ2) is 18.0. The third kappa shape index (κ3) is 7.90. The molecule has 0 N–H and O–H groups in total. The quantitative estimate of drug-likeness (QED) is 0.124. The monoisotopic (exact) mass is 1010 g/mol. The van der Waals surface area contributed by atoms with E-state index in [4.69, 9.17) is 0 Å². The van der Waals surface area contributed by atoms with Crippen LogP contribution in [0.2, 0.25) is 8.76 Å². The maximum atomic E-state index is 3.06. The van der Waals surface area contributed by atoms with Crippen molar-refractivity contribution < 1.29 is 17.4 Å². The maximum Gasteiger partial charge on any atom is -0.147 e. The molecule has 14 rings (SSSR count). The summed E-state index contributed by atoms with van der Waals surface area (Å²) in [4.78, 5) is 0. The van der Waals surface area contributed by atoms with Crippen molar-refractivity contribution in [3.63, 3.8) is 0 Å². The predicted octanol–water partition coefficient (Wildman–Crippen LogP) is 17.7. The van der Waals surface area contributed by atoms with Crippen LogP contribution in [-0.2, 0) is 17.4 Å². The summed E-state index contributed by atoms with van der Waals surface area (Å²) in [5.74, 6) is 10.8. The molecule has 350 valence electrons. The number of hydrogen-bond acceptors (Lipinski definition) is 0. The molecule has 66 heavy (non-hydrogen) atoms. The topological polar surface area (TPSA) is 0 Å². The van der Waals surface area contributed by atoms with Gasteiger partial charge in [-0.15, -0.1) is 24.8 Å². The van der Waals surface area contributed by atoms with E-state index < -0.39 is 17.4 Å². The van der Waals surface area contributed by atoms with E-state index in [9.17, 15) is 0 Å². The molecule has 0 nitrogen and oxygen atoms in total. The van der Waals surface area contributed by atoms with Crippen LogP contribution in [0.5, 0.6) is 0 Å². The number of rotatable bonds is 12. The number of allylic oxidation sites excluding steroid dienone is 2. The molecule has 4 aromatic rings. The minimum absolute atomic E-state index is 0. The van der Waals surface area contributed by atoms with Crippen molar-refractivity contribution in [3.05, 3.63) is 129 Å². The molecule has 4 aromatic carbocycles. The molecule has 8 bridgehead atoms. The van der Waals surface area contributed by atoms with Crippen molar-refractivity contribution in [2.24, 2.45) is 59.2 Å². The molecule has 0 aromatic heterocycles. The summed E-state index contributed by atoms with van der Waals surface area (Å²) in [5.41, 5.74) is 19.1. The van der Waals surface area contributed by atoms with Gasteiger partial charge in [-0.1, -0.05) is 0 Å². The molecule has 8 fully saturated rings.